The minimum Gasteiger partial charge on any atom is -0.398 e. The molecule has 0 fully saturated rings. The molecule has 2 N–H and O–H groups in total. The van der Waals surface area contributed by atoms with Crippen molar-refractivity contribution < 1.29 is 0 Å². The van der Waals surface area contributed by atoms with Gasteiger partial charge in [-0.2, -0.15) is 12.6 Å². The van der Waals surface area contributed by atoms with E-state index in [1.165, 1.54) is 9.13 Å². The molecule has 1 aromatic carbocycles. The third kappa shape index (κ3) is 2.02. The molecule has 1 rings (SSSR count). The first-order valence-electron chi connectivity index (χ1n) is 3.30. The van der Waals surface area contributed by atoms with Gasteiger partial charge in [-0.15, -0.1) is 0 Å². The summed E-state index contributed by atoms with van der Waals surface area (Å²) in [6.07, 6.45) is 0. The van der Waals surface area contributed by atoms with Crippen LogP contribution < -0.4 is 5.73 Å². The van der Waals surface area contributed by atoms with Crippen LogP contribution in [0.1, 0.15) is 11.1 Å². The molecule has 60 valence electrons. The zero-order valence-electron chi connectivity index (χ0n) is 6.26. The van der Waals surface area contributed by atoms with Gasteiger partial charge in [-0.05, 0) is 52.8 Å². The van der Waals surface area contributed by atoms with E-state index in [1.807, 2.05) is 13.0 Å². The van der Waals surface area contributed by atoms with Gasteiger partial charge in [-0.1, -0.05) is 0 Å². The van der Waals surface area contributed by atoms with Crippen molar-refractivity contribution in [3.63, 3.8) is 0 Å². The highest BCUT2D eigenvalue weighted by molar-refractivity contribution is 14.1. The van der Waals surface area contributed by atoms with Gasteiger partial charge in [0.15, 0.2) is 0 Å². The van der Waals surface area contributed by atoms with Gasteiger partial charge in [0, 0.05) is 15.0 Å². The van der Waals surface area contributed by atoms with Gasteiger partial charge >= 0.3 is 0 Å². The third-order valence-corrected chi connectivity index (χ3v) is 2.65. The Bertz CT molecular complexity index is 273. The van der Waals surface area contributed by atoms with Crippen LogP contribution in [0, 0.1) is 10.5 Å². The second kappa shape index (κ2) is 3.67. The Kier molecular flexibility index (Phi) is 3.06. The topological polar surface area (TPSA) is 26.0 Å². The average Bonchev–Trinajstić information content (AvgIpc) is 1.96. The number of nitrogen functional groups attached to an aromatic ring is 1. The standard InChI is InChI=1S/C8H10INS/c1-5-6(4-11)2-7(9)3-8(5)10/h2-3,11H,4,10H2,1H3. The second-order valence-corrected chi connectivity index (χ2v) is 4.00. The maximum Gasteiger partial charge on any atom is 0.0357 e. The van der Waals surface area contributed by atoms with E-state index in [-0.39, 0.29) is 0 Å². The van der Waals surface area contributed by atoms with Crippen LogP contribution in [0.2, 0.25) is 0 Å². The Morgan fingerprint density at radius 1 is 1.55 bits per heavy atom. The highest BCUT2D eigenvalue weighted by Crippen LogP contribution is 2.21. The van der Waals surface area contributed by atoms with Crippen LogP contribution in [-0.2, 0) is 5.75 Å². The van der Waals surface area contributed by atoms with Gasteiger partial charge in [0.1, 0.15) is 0 Å². The van der Waals surface area contributed by atoms with Crippen molar-refractivity contribution in [2.24, 2.45) is 0 Å². The molecule has 0 aliphatic heterocycles. The molecule has 0 bridgehead atoms. The van der Waals surface area contributed by atoms with Crippen LogP contribution in [0.3, 0.4) is 0 Å². The van der Waals surface area contributed by atoms with E-state index in [4.69, 9.17) is 5.73 Å². The fraction of sp³-hybridized carbons (Fsp3) is 0.250. The Morgan fingerprint density at radius 3 is 2.73 bits per heavy atom. The maximum absolute atomic E-state index is 5.76. The fourth-order valence-corrected chi connectivity index (χ4v) is 1.96. The Labute approximate surface area is 85.9 Å². The number of benzene rings is 1. The van der Waals surface area contributed by atoms with Crippen molar-refractivity contribution in [1.82, 2.24) is 0 Å². The number of hydrogen-bond acceptors (Lipinski definition) is 2. The van der Waals surface area contributed by atoms with E-state index < -0.39 is 0 Å². The number of halogens is 1. The molecule has 0 aliphatic rings. The van der Waals surface area contributed by atoms with E-state index in [0.29, 0.717) is 0 Å². The van der Waals surface area contributed by atoms with Crippen molar-refractivity contribution in [2.75, 3.05) is 5.73 Å². The molecule has 0 atom stereocenters. The van der Waals surface area contributed by atoms with Crippen LogP contribution in [0.25, 0.3) is 0 Å². The summed E-state index contributed by atoms with van der Waals surface area (Å²) in [5.41, 5.74) is 8.99. The molecule has 0 aliphatic carbocycles. The molecular weight excluding hydrogens is 269 g/mol. The molecule has 3 heteroatoms. The Hall–Kier alpha value is 0.1000. The summed E-state index contributed by atoms with van der Waals surface area (Å²) in [6.45, 7) is 2.02. The summed E-state index contributed by atoms with van der Waals surface area (Å²) in [7, 11) is 0. The molecular formula is C8H10INS. The van der Waals surface area contributed by atoms with Gasteiger partial charge in [0.25, 0.3) is 0 Å². The van der Waals surface area contributed by atoms with Gasteiger partial charge in [-0.3, -0.25) is 0 Å². The molecule has 1 nitrogen and oxygen atoms in total. The molecule has 0 radical (unpaired) electrons. The molecule has 0 spiro atoms. The van der Waals surface area contributed by atoms with E-state index in [1.54, 1.807) is 0 Å². The quantitative estimate of drug-likeness (QED) is 0.461. The molecule has 11 heavy (non-hydrogen) atoms. The third-order valence-electron chi connectivity index (χ3n) is 1.69. The minimum absolute atomic E-state index is 0.757. The second-order valence-electron chi connectivity index (χ2n) is 2.44. The monoisotopic (exact) mass is 279 g/mol. The first kappa shape index (κ1) is 9.19. The molecule has 0 amide bonds. The SMILES string of the molecule is Cc1c(N)cc(I)cc1CS. The average molecular weight is 279 g/mol. The Balaban J connectivity index is 3.24. The maximum atomic E-state index is 5.76. The van der Waals surface area contributed by atoms with Crippen molar-refractivity contribution in [3.05, 3.63) is 26.8 Å². The summed E-state index contributed by atoms with van der Waals surface area (Å²) in [5.74, 6) is 0.757. The zero-order valence-corrected chi connectivity index (χ0v) is 9.32. The van der Waals surface area contributed by atoms with Crippen molar-refractivity contribution >= 4 is 40.9 Å². The number of hydrogen-bond donors (Lipinski definition) is 2. The smallest absolute Gasteiger partial charge is 0.0357 e. The highest BCUT2D eigenvalue weighted by Gasteiger charge is 2.01. The number of thiol groups is 1. The van der Waals surface area contributed by atoms with Crippen molar-refractivity contribution in [2.45, 2.75) is 12.7 Å². The first-order chi connectivity index (χ1) is 5.15. The summed E-state index contributed by atoms with van der Waals surface area (Å²) >= 11 is 6.47. The predicted octanol–water partition coefficient (Wildman–Crippen LogP) is 2.61. The van der Waals surface area contributed by atoms with Gasteiger partial charge in [0.2, 0.25) is 0 Å². The molecule has 0 aromatic heterocycles. The Morgan fingerprint density at radius 2 is 2.18 bits per heavy atom. The molecule has 0 saturated heterocycles. The number of anilines is 1. The van der Waals surface area contributed by atoms with Gasteiger partial charge in [-0.25, -0.2) is 0 Å². The van der Waals surface area contributed by atoms with Gasteiger partial charge < -0.3 is 5.73 Å². The van der Waals surface area contributed by atoms with Crippen LogP contribution >= 0.6 is 35.2 Å². The van der Waals surface area contributed by atoms with Crippen molar-refractivity contribution in [1.29, 1.82) is 0 Å². The van der Waals surface area contributed by atoms with Crippen LogP contribution in [0.15, 0.2) is 12.1 Å². The van der Waals surface area contributed by atoms with Gasteiger partial charge in [0.05, 0.1) is 0 Å². The molecule has 0 heterocycles. The van der Waals surface area contributed by atoms with Crippen LogP contribution in [0.4, 0.5) is 5.69 Å². The number of rotatable bonds is 1. The van der Waals surface area contributed by atoms with E-state index in [0.717, 1.165) is 17.0 Å². The summed E-state index contributed by atoms with van der Waals surface area (Å²) in [6, 6.07) is 4.09. The van der Waals surface area contributed by atoms with E-state index in [2.05, 4.69) is 41.3 Å². The van der Waals surface area contributed by atoms with Crippen LogP contribution in [0.5, 0.6) is 0 Å². The summed E-state index contributed by atoms with van der Waals surface area (Å²) in [4.78, 5) is 0. The first-order valence-corrected chi connectivity index (χ1v) is 5.01. The summed E-state index contributed by atoms with van der Waals surface area (Å²) < 4.78 is 1.18. The lowest BCUT2D eigenvalue weighted by Crippen LogP contribution is -1.94. The number of nitrogens with two attached hydrogens (primary N) is 1. The van der Waals surface area contributed by atoms with E-state index in [9.17, 15) is 0 Å². The lowest BCUT2D eigenvalue weighted by Gasteiger charge is -2.06. The molecule has 0 saturated carbocycles. The van der Waals surface area contributed by atoms with Crippen molar-refractivity contribution in [3.8, 4) is 0 Å². The minimum atomic E-state index is 0.757. The van der Waals surface area contributed by atoms with Crippen LogP contribution in [-0.4, -0.2) is 0 Å². The highest BCUT2D eigenvalue weighted by atomic mass is 127. The lowest BCUT2D eigenvalue weighted by molar-refractivity contribution is 1.31. The summed E-state index contributed by atoms with van der Waals surface area (Å²) in [5, 5.41) is 0. The largest absolute Gasteiger partial charge is 0.398 e. The normalized spacial score (nSPS) is 10.1. The fourth-order valence-electron chi connectivity index (χ4n) is 0.923. The zero-order chi connectivity index (χ0) is 8.43. The lowest BCUT2D eigenvalue weighted by atomic mass is 10.1. The van der Waals surface area contributed by atoms with E-state index >= 15 is 0 Å². The predicted molar refractivity (Wildman–Crippen MR) is 61.0 cm³/mol. The molecule has 1 aromatic rings. The molecule has 0 unspecified atom stereocenters.